The number of halogens is 1. The number of nitrogens with one attached hydrogen (secondary N) is 1. The molecule has 0 saturated heterocycles. The van der Waals surface area contributed by atoms with Gasteiger partial charge in [0.1, 0.15) is 12.4 Å². The summed E-state index contributed by atoms with van der Waals surface area (Å²) in [7, 11) is 5.70. The lowest BCUT2D eigenvalue weighted by Crippen LogP contribution is -2.50. The Morgan fingerprint density at radius 1 is 1.22 bits per heavy atom. The average molecular weight is 343 g/mol. The third-order valence-corrected chi connectivity index (χ3v) is 4.55. The van der Waals surface area contributed by atoms with E-state index in [1.807, 2.05) is 12.1 Å². The maximum Gasteiger partial charge on any atom is 0.411 e. The number of benzene rings is 1. The number of ether oxygens (including phenoxy) is 2. The van der Waals surface area contributed by atoms with E-state index in [4.69, 9.17) is 9.47 Å². The van der Waals surface area contributed by atoms with Crippen molar-refractivity contribution in [3.8, 4) is 5.75 Å². The van der Waals surface area contributed by atoms with Crippen LogP contribution in [0.5, 0.6) is 5.75 Å². The summed E-state index contributed by atoms with van der Waals surface area (Å²) >= 11 is 0. The molecule has 0 spiro atoms. The van der Waals surface area contributed by atoms with E-state index in [0.29, 0.717) is 18.0 Å². The molecule has 0 radical (unpaired) electrons. The minimum Gasteiger partial charge on any atom is -0.495 e. The topological polar surface area (TPSA) is 50.8 Å². The second-order valence-electron chi connectivity index (χ2n) is 6.08. The fraction of sp³-hybridized carbons (Fsp3) is 0.588. The zero-order chi connectivity index (χ0) is 16.0. The highest BCUT2D eigenvalue weighted by Crippen LogP contribution is 2.32. The summed E-state index contributed by atoms with van der Waals surface area (Å²) in [4.78, 5) is 14.3. The first-order valence-corrected chi connectivity index (χ1v) is 7.82. The summed E-state index contributed by atoms with van der Waals surface area (Å²) in [5.74, 6) is 0.624. The summed E-state index contributed by atoms with van der Waals surface area (Å²) in [6, 6.07) is 7.31. The molecule has 0 bridgehead atoms. The molecule has 1 amide bonds. The molecule has 6 heteroatoms. The normalized spacial score (nSPS) is 16.3. The summed E-state index contributed by atoms with van der Waals surface area (Å²) in [6.07, 6.45) is 5.36. The molecule has 1 aliphatic rings. The smallest absolute Gasteiger partial charge is 0.411 e. The molecule has 2 rings (SSSR count). The van der Waals surface area contributed by atoms with Crippen LogP contribution in [0.25, 0.3) is 0 Å². The largest absolute Gasteiger partial charge is 0.495 e. The van der Waals surface area contributed by atoms with Gasteiger partial charge in [0, 0.05) is 0 Å². The van der Waals surface area contributed by atoms with E-state index in [1.165, 1.54) is 19.3 Å². The number of methoxy groups -OCH3 is 1. The van der Waals surface area contributed by atoms with Crippen LogP contribution in [-0.2, 0) is 4.74 Å². The van der Waals surface area contributed by atoms with Crippen LogP contribution in [0, 0.1) is 0 Å². The minimum atomic E-state index is -0.434. The van der Waals surface area contributed by atoms with Crippen LogP contribution in [0.3, 0.4) is 0 Å². The lowest BCUT2D eigenvalue weighted by atomic mass is 9.81. The van der Waals surface area contributed by atoms with Crippen LogP contribution in [-0.4, -0.2) is 44.3 Å². The standard InChI is InChI=1S/C17H26N2O3.ClH/c1-19(2)17(11-7-4-8-12-17)13-22-16(20)18-14-9-5-6-10-15(14)21-3;/h5-6,9-10H,4,7-8,11-13H2,1-3H3,(H,18,20);1H. The van der Waals surface area contributed by atoms with Crippen molar-refractivity contribution in [2.75, 3.05) is 33.1 Å². The second-order valence-corrected chi connectivity index (χ2v) is 6.08. The van der Waals surface area contributed by atoms with Gasteiger partial charge in [-0.15, -0.1) is 12.4 Å². The quantitative estimate of drug-likeness (QED) is 0.880. The monoisotopic (exact) mass is 342 g/mol. The number of amides is 1. The summed E-state index contributed by atoms with van der Waals surface area (Å²) in [5, 5.41) is 2.75. The van der Waals surface area contributed by atoms with Crippen molar-refractivity contribution in [1.29, 1.82) is 0 Å². The molecule has 130 valence electrons. The molecular formula is C17H27ClN2O3. The number of hydrogen-bond donors (Lipinski definition) is 1. The van der Waals surface area contributed by atoms with Crippen LogP contribution >= 0.6 is 12.4 Å². The van der Waals surface area contributed by atoms with Gasteiger partial charge in [0.05, 0.1) is 18.3 Å². The van der Waals surface area contributed by atoms with Gasteiger partial charge in [-0.3, -0.25) is 5.32 Å². The predicted molar refractivity (Wildman–Crippen MR) is 94.7 cm³/mol. The molecule has 0 atom stereocenters. The Labute approximate surface area is 144 Å². The van der Waals surface area contributed by atoms with Gasteiger partial charge in [0.25, 0.3) is 0 Å². The Hall–Kier alpha value is -1.46. The Kier molecular flexibility index (Phi) is 7.65. The van der Waals surface area contributed by atoms with Crippen LogP contribution in [0.4, 0.5) is 10.5 Å². The number of likely N-dealkylation sites (N-methyl/N-ethyl adjacent to an activating group) is 1. The molecule has 0 unspecified atom stereocenters. The summed E-state index contributed by atoms with van der Waals surface area (Å²) in [6.45, 7) is 0.418. The van der Waals surface area contributed by atoms with Crippen molar-refractivity contribution >= 4 is 24.2 Å². The molecule has 0 aromatic heterocycles. The van der Waals surface area contributed by atoms with Crippen molar-refractivity contribution in [2.45, 2.75) is 37.6 Å². The van der Waals surface area contributed by atoms with Gasteiger partial charge in [0.2, 0.25) is 0 Å². The van der Waals surface area contributed by atoms with Crippen LogP contribution in [0.2, 0.25) is 0 Å². The Bertz CT molecular complexity index is 502. The van der Waals surface area contributed by atoms with Gasteiger partial charge in [-0.25, -0.2) is 4.79 Å². The SMILES string of the molecule is COc1ccccc1NC(=O)OCC1(N(C)C)CCCCC1.Cl. The van der Waals surface area contributed by atoms with Gasteiger partial charge in [-0.05, 0) is 39.1 Å². The van der Waals surface area contributed by atoms with Crippen molar-refractivity contribution in [3.63, 3.8) is 0 Å². The van der Waals surface area contributed by atoms with Crippen molar-refractivity contribution in [2.24, 2.45) is 0 Å². The molecule has 1 aromatic carbocycles. The highest BCUT2D eigenvalue weighted by molar-refractivity contribution is 5.86. The maximum atomic E-state index is 12.1. The number of carbonyl (C=O) groups is 1. The molecule has 1 fully saturated rings. The lowest BCUT2D eigenvalue weighted by molar-refractivity contribution is 0.0263. The third-order valence-electron chi connectivity index (χ3n) is 4.55. The van der Waals surface area contributed by atoms with E-state index in [1.54, 1.807) is 19.2 Å². The maximum absolute atomic E-state index is 12.1. The summed E-state index contributed by atoms with van der Waals surface area (Å²) in [5.41, 5.74) is 0.591. The Morgan fingerprint density at radius 3 is 2.48 bits per heavy atom. The fourth-order valence-corrected chi connectivity index (χ4v) is 3.02. The average Bonchev–Trinajstić information content (AvgIpc) is 2.54. The number of anilines is 1. The van der Waals surface area contributed by atoms with Gasteiger partial charge in [-0.1, -0.05) is 31.4 Å². The lowest BCUT2D eigenvalue weighted by Gasteiger charge is -2.42. The number of hydrogen-bond acceptors (Lipinski definition) is 4. The highest BCUT2D eigenvalue weighted by atomic mass is 35.5. The molecule has 1 saturated carbocycles. The zero-order valence-electron chi connectivity index (χ0n) is 14.1. The fourth-order valence-electron chi connectivity index (χ4n) is 3.02. The zero-order valence-corrected chi connectivity index (χ0v) is 14.9. The van der Waals surface area contributed by atoms with E-state index in [2.05, 4.69) is 24.3 Å². The molecule has 5 nitrogen and oxygen atoms in total. The number of para-hydroxylation sites is 2. The molecule has 1 aliphatic carbocycles. The first-order chi connectivity index (χ1) is 10.6. The van der Waals surface area contributed by atoms with E-state index >= 15 is 0 Å². The first-order valence-electron chi connectivity index (χ1n) is 7.82. The number of nitrogens with zero attached hydrogens (tertiary/aromatic N) is 1. The van der Waals surface area contributed by atoms with E-state index in [9.17, 15) is 4.79 Å². The van der Waals surface area contributed by atoms with Crippen LogP contribution in [0.15, 0.2) is 24.3 Å². The Morgan fingerprint density at radius 2 is 1.87 bits per heavy atom. The van der Waals surface area contributed by atoms with Gasteiger partial charge in [-0.2, -0.15) is 0 Å². The number of rotatable bonds is 5. The number of carbonyl (C=O) groups excluding carboxylic acids is 1. The highest BCUT2D eigenvalue weighted by Gasteiger charge is 2.35. The van der Waals surface area contributed by atoms with Gasteiger partial charge in [0.15, 0.2) is 0 Å². The van der Waals surface area contributed by atoms with Gasteiger partial charge < -0.3 is 14.4 Å². The molecule has 23 heavy (non-hydrogen) atoms. The first kappa shape index (κ1) is 19.6. The Balaban J connectivity index is 0.00000264. The molecule has 0 aliphatic heterocycles. The van der Waals surface area contributed by atoms with Crippen molar-refractivity contribution in [3.05, 3.63) is 24.3 Å². The molecule has 1 aromatic rings. The minimum absolute atomic E-state index is 0. The molecule has 0 heterocycles. The van der Waals surface area contributed by atoms with Crippen LogP contribution < -0.4 is 10.1 Å². The van der Waals surface area contributed by atoms with E-state index in [0.717, 1.165) is 12.8 Å². The van der Waals surface area contributed by atoms with E-state index in [-0.39, 0.29) is 17.9 Å². The molecule has 1 N–H and O–H groups in total. The third kappa shape index (κ3) is 5.01. The van der Waals surface area contributed by atoms with Crippen molar-refractivity contribution in [1.82, 2.24) is 4.90 Å². The van der Waals surface area contributed by atoms with E-state index < -0.39 is 6.09 Å². The van der Waals surface area contributed by atoms with Crippen LogP contribution in [0.1, 0.15) is 32.1 Å². The second kappa shape index (κ2) is 8.99. The van der Waals surface area contributed by atoms with Crippen molar-refractivity contribution < 1.29 is 14.3 Å². The predicted octanol–water partition coefficient (Wildman–Crippen LogP) is 3.93. The summed E-state index contributed by atoms with van der Waals surface area (Å²) < 4.78 is 10.7. The molecular weight excluding hydrogens is 316 g/mol. The van der Waals surface area contributed by atoms with Gasteiger partial charge >= 0.3 is 6.09 Å².